The van der Waals surface area contributed by atoms with Crippen molar-refractivity contribution in [3.05, 3.63) is 28.8 Å². The maximum atomic E-state index is 12.2. The lowest BCUT2D eigenvalue weighted by molar-refractivity contribution is -0.128. The number of nitrogens with zero attached hydrogens (tertiary/aromatic N) is 1. The zero-order valence-corrected chi connectivity index (χ0v) is 14.0. The van der Waals surface area contributed by atoms with Gasteiger partial charge in [0.2, 0.25) is 15.9 Å². The number of hydrogen-bond acceptors (Lipinski definition) is 4. The number of thiocarbonyl (C=S) groups is 1. The van der Waals surface area contributed by atoms with Crippen molar-refractivity contribution in [2.75, 3.05) is 20.1 Å². The lowest BCUT2D eigenvalue weighted by Gasteiger charge is -2.15. The molecule has 0 bridgehead atoms. The molecule has 0 aromatic heterocycles. The van der Waals surface area contributed by atoms with Gasteiger partial charge in [-0.2, -0.15) is 0 Å². The molecule has 0 aliphatic heterocycles. The van der Waals surface area contributed by atoms with E-state index in [0.29, 0.717) is 12.1 Å². The fourth-order valence-corrected chi connectivity index (χ4v) is 3.03. The molecule has 0 fully saturated rings. The Hall–Kier alpha value is -1.22. The molecule has 9 heteroatoms. The molecule has 0 aliphatic carbocycles. The van der Waals surface area contributed by atoms with Crippen LogP contribution in [0.3, 0.4) is 0 Å². The summed E-state index contributed by atoms with van der Waals surface area (Å²) in [6.07, 6.45) is 0. The van der Waals surface area contributed by atoms with Crippen LogP contribution in [0.15, 0.2) is 23.1 Å². The van der Waals surface area contributed by atoms with E-state index in [2.05, 4.69) is 4.72 Å². The Morgan fingerprint density at radius 1 is 1.48 bits per heavy atom. The standard InChI is InChI=1S/C12H16ClN3O3S2/c1-3-16(2)11(17)7-15-21(18,19)10-6-8(12(14)20)4-5-9(10)13/h4-6,15H,3,7H2,1-2H3,(H2,14,20). The third-order valence-corrected chi connectivity index (χ3v) is 4.94. The quantitative estimate of drug-likeness (QED) is 0.739. The van der Waals surface area contributed by atoms with Crippen molar-refractivity contribution < 1.29 is 13.2 Å². The first kappa shape index (κ1) is 17.8. The van der Waals surface area contributed by atoms with Crippen molar-refractivity contribution in [2.45, 2.75) is 11.8 Å². The second-order valence-electron chi connectivity index (χ2n) is 4.24. The van der Waals surface area contributed by atoms with E-state index in [0.717, 1.165) is 0 Å². The zero-order chi connectivity index (χ0) is 16.2. The van der Waals surface area contributed by atoms with E-state index in [4.69, 9.17) is 29.6 Å². The molecular weight excluding hydrogens is 334 g/mol. The molecular formula is C12H16ClN3O3S2. The smallest absolute Gasteiger partial charge is 0.242 e. The highest BCUT2D eigenvalue weighted by molar-refractivity contribution is 7.89. The molecule has 1 aromatic carbocycles. The van der Waals surface area contributed by atoms with Crippen molar-refractivity contribution in [1.29, 1.82) is 0 Å². The average Bonchev–Trinajstić information content (AvgIpc) is 2.43. The molecule has 116 valence electrons. The molecule has 0 heterocycles. The topological polar surface area (TPSA) is 92.5 Å². The second-order valence-corrected chi connectivity index (χ2v) is 6.82. The van der Waals surface area contributed by atoms with Crippen LogP contribution in [0.1, 0.15) is 12.5 Å². The summed E-state index contributed by atoms with van der Waals surface area (Å²) in [4.78, 5) is 12.9. The van der Waals surface area contributed by atoms with Gasteiger partial charge in [-0.1, -0.05) is 29.9 Å². The third kappa shape index (κ3) is 4.63. The Bertz CT molecular complexity index is 662. The van der Waals surface area contributed by atoms with Crippen LogP contribution >= 0.6 is 23.8 Å². The van der Waals surface area contributed by atoms with E-state index in [1.807, 2.05) is 0 Å². The first-order valence-corrected chi connectivity index (χ1v) is 8.29. The monoisotopic (exact) mass is 349 g/mol. The summed E-state index contributed by atoms with van der Waals surface area (Å²) >= 11 is 10.7. The fraction of sp³-hybridized carbons (Fsp3) is 0.333. The molecule has 0 saturated heterocycles. The molecule has 1 aromatic rings. The van der Waals surface area contributed by atoms with Gasteiger partial charge in [0.25, 0.3) is 0 Å². The summed E-state index contributed by atoms with van der Waals surface area (Å²) < 4.78 is 26.6. The first-order valence-electron chi connectivity index (χ1n) is 6.02. The third-order valence-electron chi connectivity index (χ3n) is 2.82. The number of halogens is 1. The normalized spacial score (nSPS) is 11.2. The predicted octanol–water partition coefficient (Wildman–Crippen LogP) is 0.731. The van der Waals surface area contributed by atoms with Crippen LogP contribution in [-0.2, 0) is 14.8 Å². The SMILES string of the molecule is CCN(C)C(=O)CNS(=O)(=O)c1cc(C(N)=S)ccc1Cl. The Balaban J connectivity index is 3.00. The molecule has 0 saturated carbocycles. The van der Waals surface area contributed by atoms with Gasteiger partial charge in [0.15, 0.2) is 0 Å². The minimum Gasteiger partial charge on any atom is -0.389 e. The largest absolute Gasteiger partial charge is 0.389 e. The van der Waals surface area contributed by atoms with Crippen molar-refractivity contribution in [3.8, 4) is 0 Å². The van der Waals surface area contributed by atoms with E-state index in [-0.39, 0.29) is 27.4 Å². The Labute approximate surface area is 134 Å². The Morgan fingerprint density at radius 2 is 2.10 bits per heavy atom. The number of hydrogen-bond donors (Lipinski definition) is 2. The maximum absolute atomic E-state index is 12.2. The second kappa shape index (κ2) is 7.17. The lowest BCUT2D eigenvalue weighted by atomic mass is 10.2. The summed E-state index contributed by atoms with van der Waals surface area (Å²) in [7, 11) is -2.35. The number of sulfonamides is 1. The van der Waals surface area contributed by atoms with Gasteiger partial charge in [0.05, 0.1) is 11.6 Å². The van der Waals surface area contributed by atoms with Crippen LogP contribution in [0, 0.1) is 0 Å². The number of nitrogens with two attached hydrogens (primary N) is 1. The highest BCUT2D eigenvalue weighted by Crippen LogP contribution is 2.22. The van der Waals surface area contributed by atoms with E-state index in [1.165, 1.54) is 23.1 Å². The van der Waals surface area contributed by atoms with Gasteiger partial charge in [-0.05, 0) is 19.1 Å². The number of nitrogens with one attached hydrogen (secondary N) is 1. The fourth-order valence-electron chi connectivity index (χ4n) is 1.41. The van der Waals surface area contributed by atoms with Gasteiger partial charge in [-0.3, -0.25) is 4.79 Å². The van der Waals surface area contributed by atoms with Crippen molar-refractivity contribution in [2.24, 2.45) is 5.73 Å². The predicted molar refractivity (Wildman–Crippen MR) is 85.8 cm³/mol. The molecule has 0 spiro atoms. The van der Waals surface area contributed by atoms with E-state index >= 15 is 0 Å². The van der Waals surface area contributed by atoms with Crippen molar-refractivity contribution in [1.82, 2.24) is 9.62 Å². The van der Waals surface area contributed by atoms with Gasteiger partial charge in [-0.15, -0.1) is 0 Å². The maximum Gasteiger partial charge on any atom is 0.242 e. The van der Waals surface area contributed by atoms with Crippen LogP contribution < -0.4 is 10.5 Å². The summed E-state index contributed by atoms with van der Waals surface area (Å²) in [5.41, 5.74) is 5.85. The average molecular weight is 350 g/mol. The summed E-state index contributed by atoms with van der Waals surface area (Å²) in [6, 6.07) is 4.20. The molecule has 1 rings (SSSR count). The van der Waals surface area contributed by atoms with Crippen LogP contribution in [-0.4, -0.2) is 44.4 Å². The molecule has 6 nitrogen and oxygen atoms in total. The van der Waals surface area contributed by atoms with Gasteiger partial charge in [0, 0.05) is 19.2 Å². The lowest BCUT2D eigenvalue weighted by Crippen LogP contribution is -2.38. The van der Waals surface area contributed by atoms with E-state index in [1.54, 1.807) is 14.0 Å². The number of benzene rings is 1. The Morgan fingerprint density at radius 3 is 2.62 bits per heavy atom. The van der Waals surface area contributed by atoms with Gasteiger partial charge in [0.1, 0.15) is 9.88 Å². The zero-order valence-electron chi connectivity index (χ0n) is 11.6. The Kier molecular flexibility index (Phi) is 6.09. The molecule has 0 unspecified atom stereocenters. The number of carbonyl (C=O) groups excluding carboxylic acids is 1. The van der Waals surface area contributed by atoms with Crippen molar-refractivity contribution in [3.63, 3.8) is 0 Å². The van der Waals surface area contributed by atoms with Gasteiger partial charge >= 0.3 is 0 Å². The molecule has 21 heavy (non-hydrogen) atoms. The van der Waals surface area contributed by atoms with Gasteiger partial charge in [-0.25, -0.2) is 13.1 Å². The summed E-state index contributed by atoms with van der Waals surface area (Å²) in [5, 5.41) is 0.0267. The van der Waals surface area contributed by atoms with E-state index in [9.17, 15) is 13.2 Å². The molecule has 1 amide bonds. The minimum absolute atomic E-state index is 0.0267. The van der Waals surface area contributed by atoms with Crippen LogP contribution in [0.4, 0.5) is 0 Å². The molecule has 0 aliphatic rings. The van der Waals surface area contributed by atoms with Crippen LogP contribution in [0.25, 0.3) is 0 Å². The van der Waals surface area contributed by atoms with Gasteiger partial charge < -0.3 is 10.6 Å². The molecule has 0 atom stereocenters. The molecule has 3 N–H and O–H groups in total. The number of carbonyl (C=O) groups is 1. The summed E-state index contributed by atoms with van der Waals surface area (Å²) in [6.45, 7) is 1.92. The first-order chi connectivity index (χ1) is 9.69. The number of likely N-dealkylation sites (N-methyl/N-ethyl adjacent to an activating group) is 1. The van der Waals surface area contributed by atoms with Crippen molar-refractivity contribution >= 4 is 44.7 Å². The number of rotatable bonds is 6. The highest BCUT2D eigenvalue weighted by atomic mass is 35.5. The highest BCUT2D eigenvalue weighted by Gasteiger charge is 2.20. The minimum atomic E-state index is -3.93. The number of amides is 1. The summed E-state index contributed by atoms with van der Waals surface area (Å²) in [5.74, 6) is -0.345. The van der Waals surface area contributed by atoms with Crippen LogP contribution in [0.5, 0.6) is 0 Å². The van der Waals surface area contributed by atoms with Crippen LogP contribution in [0.2, 0.25) is 5.02 Å². The van der Waals surface area contributed by atoms with E-state index < -0.39 is 10.0 Å². The molecule has 0 radical (unpaired) electrons.